The Balaban J connectivity index is 4.19. The number of hydrogen-bond acceptors (Lipinski definition) is 6. The largest absolute Gasteiger partial charge is 0.462 e. The van der Waals surface area contributed by atoms with Crippen molar-refractivity contribution in [3.8, 4) is 0 Å². The average molecular weight is 1160 g/mol. The number of hydrogen-bond donors (Lipinski definition) is 0. The van der Waals surface area contributed by atoms with Crippen molar-refractivity contribution in [1.82, 2.24) is 0 Å². The van der Waals surface area contributed by atoms with E-state index in [-0.39, 0.29) is 31.1 Å². The van der Waals surface area contributed by atoms with Crippen LogP contribution in [0.15, 0.2) is 72.9 Å². The molecular formula is C77H138O6. The summed E-state index contributed by atoms with van der Waals surface area (Å²) >= 11 is 0. The smallest absolute Gasteiger partial charge is 0.306 e. The monoisotopic (exact) mass is 1160 g/mol. The van der Waals surface area contributed by atoms with Gasteiger partial charge in [-0.1, -0.05) is 363 Å². The number of carbonyl (C=O) groups excluding carboxylic acids is 3. The molecule has 0 heterocycles. The summed E-state index contributed by atoms with van der Waals surface area (Å²) in [4.78, 5) is 38.4. The zero-order valence-electron chi connectivity index (χ0n) is 55.5. The van der Waals surface area contributed by atoms with Crippen LogP contribution in [0.3, 0.4) is 0 Å². The number of esters is 3. The van der Waals surface area contributed by atoms with E-state index in [1.54, 1.807) is 0 Å². The van der Waals surface area contributed by atoms with Gasteiger partial charge in [-0.25, -0.2) is 0 Å². The van der Waals surface area contributed by atoms with Gasteiger partial charge in [-0.15, -0.1) is 0 Å². The van der Waals surface area contributed by atoms with E-state index in [0.29, 0.717) is 19.3 Å². The molecule has 0 N–H and O–H groups in total. The molecule has 482 valence electrons. The van der Waals surface area contributed by atoms with E-state index in [0.717, 1.165) is 96.3 Å². The van der Waals surface area contributed by atoms with Gasteiger partial charge < -0.3 is 14.2 Å². The first-order valence-corrected chi connectivity index (χ1v) is 36.4. The molecule has 0 fully saturated rings. The van der Waals surface area contributed by atoms with Crippen LogP contribution in [-0.2, 0) is 28.6 Å². The van der Waals surface area contributed by atoms with E-state index in [9.17, 15) is 14.4 Å². The summed E-state index contributed by atoms with van der Waals surface area (Å²) in [5.41, 5.74) is 0. The highest BCUT2D eigenvalue weighted by atomic mass is 16.6. The SMILES string of the molecule is CC/C=C\C/C=C\C/C=C\C/C=C\C/C=C\C/C=C\CCCCCCCCCCCCCCCCC(=O)OCC(COC(=O)CCCCCCCCCCCCCCCC)OC(=O)CCCCCCCCCCCCCCCCCCCC. The Kier molecular flexibility index (Phi) is 68.6. The highest BCUT2D eigenvalue weighted by Gasteiger charge is 2.19. The molecule has 0 aromatic carbocycles. The zero-order chi connectivity index (χ0) is 59.9. The Labute approximate surface area is 516 Å². The van der Waals surface area contributed by atoms with Crippen molar-refractivity contribution in [3.63, 3.8) is 0 Å². The van der Waals surface area contributed by atoms with Gasteiger partial charge in [-0.2, -0.15) is 0 Å². The third-order valence-corrected chi connectivity index (χ3v) is 16.2. The highest BCUT2D eigenvalue weighted by Crippen LogP contribution is 2.18. The minimum atomic E-state index is -0.771. The molecule has 0 aromatic rings. The predicted molar refractivity (Wildman–Crippen MR) is 362 cm³/mol. The van der Waals surface area contributed by atoms with Crippen LogP contribution in [0, 0.1) is 0 Å². The maximum absolute atomic E-state index is 12.9. The van der Waals surface area contributed by atoms with Crippen LogP contribution in [0.2, 0.25) is 0 Å². The van der Waals surface area contributed by atoms with Crippen LogP contribution in [0.4, 0.5) is 0 Å². The van der Waals surface area contributed by atoms with Crippen molar-refractivity contribution in [2.75, 3.05) is 13.2 Å². The Morgan fingerprint density at radius 1 is 0.253 bits per heavy atom. The Morgan fingerprint density at radius 3 is 0.735 bits per heavy atom. The second-order valence-corrected chi connectivity index (χ2v) is 24.5. The van der Waals surface area contributed by atoms with Crippen molar-refractivity contribution >= 4 is 17.9 Å². The van der Waals surface area contributed by atoms with Gasteiger partial charge >= 0.3 is 17.9 Å². The molecule has 6 heteroatoms. The molecule has 0 saturated carbocycles. The van der Waals surface area contributed by atoms with Gasteiger partial charge in [-0.05, 0) is 70.6 Å². The van der Waals surface area contributed by atoms with Crippen molar-refractivity contribution in [2.45, 2.75) is 386 Å². The molecule has 6 nitrogen and oxygen atoms in total. The number of carbonyl (C=O) groups is 3. The maximum atomic E-state index is 12.9. The number of rotatable bonds is 67. The highest BCUT2D eigenvalue weighted by molar-refractivity contribution is 5.71. The zero-order valence-corrected chi connectivity index (χ0v) is 55.5. The van der Waals surface area contributed by atoms with Gasteiger partial charge in [0.25, 0.3) is 0 Å². The molecule has 0 aromatic heterocycles. The fraction of sp³-hybridized carbons (Fsp3) is 0.805. The van der Waals surface area contributed by atoms with Crippen molar-refractivity contribution in [3.05, 3.63) is 72.9 Å². The summed E-state index contributed by atoms with van der Waals surface area (Å²) in [5, 5.41) is 0. The van der Waals surface area contributed by atoms with Crippen LogP contribution >= 0.6 is 0 Å². The van der Waals surface area contributed by atoms with Gasteiger partial charge in [0.2, 0.25) is 0 Å². The summed E-state index contributed by atoms with van der Waals surface area (Å²) in [5.74, 6) is -0.840. The van der Waals surface area contributed by atoms with Gasteiger partial charge in [0, 0.05) is 19.3 Å². The second-order valence-electron chi connectivity index (χ2n) is 24.5. The molecule has 0 rings (SSSR count). The number of ether oxygens (including phenoxy) is 3. The molecule has 0 amide bonds. The van der Waals surface area contributed by atoms with Crippen LogP contribution in [-0.4, -0.2) is 37.2 Å². The molecule has 1 unspecified atom stereocenters. The molecule has 0 aliphatic carbocycles. The normalized spacial score (nSPS) is 12.5. The quantitative estimate of drug-likeness (QED) is 0.0261. The fourth-order valence-electron chi connectivity index (χ4n) is 10.8. The molecule has 0 radical (unpaired) electrons. The van der Waals surface area contributed by atoms with Gasteiger partial charge in [0.05, 0.1) is 0 Å². The Hall–Kier alpha value is -3.15. The van der Waals surface area contributed by atoms with Gasteiger partial charge in [-0.3, -0.25) is 14.4 Å². The third-order valence-electron chi connectivity index (χ3n) is 16.2. The van der Waals surface area contributed by atoms with Crippen molar-refractivity contribution in [1.29, 1.82) is 0 Å². The first kappa shape index (κ1) is 79.8. The summed E-state index contributed by atoms with van der Waals surface area (Å²) in [7, 11) is 0. The maximum Gasteiger partial charge on any atom is 0.306 e. The van der Waals surface area contributed by atoms with E-state index in [4.69, 9.17) is 14.2 Å². The van der Waals surface area contributed by atoms with E-state index in [2.05, 4.69) is 93.7 Å². The number of allylic oxidation sites excluding steroid dienone is 12. The van der Waals surface area contributed by atoms with Crippen LogP contribution < -0.4 is 0 Å². The van der Waals surface area contributed by atoms with E-state index in [1.807, 2.05) is 0 Å². The fourth-order valence-corrected chi connectivity index (χ4v) is 10.8. The van der Waals surface area contributed by atoms with Crippen LogP contribution in [0.25, 0.3) is 0 Å². The Bertz CT molecular complexity index is 1520. The summed E-state index contributed by atoms with van der Waals surface area (Å²) in [6.07, 6.45) is 93.6. The lowest BCUT2D eigenvalue weighted by Crippen LogP contribution is -2.30. The minimum Gasteiger partial charge on any atom is -0.462 e. The minimum absolute atomic E-state index is 0.0676. The lowest BCUT2D eigenvalue weighted by molar-refractivity contribution is -0.167. The third kappa shape index (κ3) is 69.5. The van der Waals surface area contributed by atoms with E-state index < -0.39 is 6.10 Å². The molecule has 0 bridgehead atoms. The van der Waals surface area contributed by atoms with Crippen molar-refractivity contribution < 1.29 is 28.6 Å². The van der Waals surface area contributed by atoms with Crippen LogP contribution in [0.5, 0.6) is 0 Å². The first-order valence-electron chi connectivity index (χ1n) is 36.4. The van der Waals surface area contributed by atoms with Gasteiger partial charge in [0.1, 0.15) is 13.2 Å². The molecule has 0 aliphatic rings. The lowest BCUT2D eigenvalue weighted by Gasteiger charge is -2.18. The summed E-state index contributed by atoms with van der Waals surface area (Å²) in [6, 6.07) is 0. The lowest BCUT2D eigenvalue weighted by atomic mass is 10.0. The molecule has 83 heavy (non-hydrogen) atoms. The van der Waals surface area contributed by atoms with E-state index in [1.165, 1.54) is 244 Å². The molecule has 0 aliphatic heterocycles. The topological polar surface area (TPSA) is 78.9 Å². The Morgan fingerprint density at radius 2 is 0.470 bits per heavy atom. The molecule has 0 saturated heterocycles. The summed E-state index contributed by atoms with van der Waals surface area (Å²) in [6.45, 7) is 6.59. The van der Waals surface area contributed by atoms with Gasteiger partial charge in [0.15, 0.2) is 6.10 Å². The average Bonchev–Trinajstić information content (AvgIpc) is 3.49. The first-order chi connectivity index (χ1) is 41.0. The van der Waals surface area contributed by atoms with Crippen molar-refractivity contribution in [2.24, 2.45) is 0 Å². The summed E-state index contributed by atoms with van der Waals surface area (Å²) < 4.78 is 17.0. The predicted octanol–water partition coefficient (Wildman–Crippen LogP) is 25.2. The molecule has 0 spiro atoms. The second kappa shape index (κ2) is 71.3. The standard InChI is InChI=1S/C77H138O6/c1-4-7-10-13-16-19-22-25-28-30-32-33-34-35-36-37-38-39-40-41-42-43-44-45-46-48-49-52-55-58-61-64-67-70-76(79)82-73-74(72-81-75(78)69-66-63-60-57-54-51-27-24-21-18-15-12-9-6-3)83-77(80)71-68-65-62-59-56-53-50-47-31-29-26-23-20-17-14-11-8-5-2/h7,10,16,19,25,28,32-33,35-36,38-39,74H,4-6,8-9,11-15,17-18,20-24,26-27,29-31,34,37,40-73H2,1-3H3/b10-7-,19-16-,28-25-,33-32-,36-35-,39-38-. The van der Waals surface area contributed by atoms with Crippen LogP contribution in [0.1, 0.15) is 380 Å². The molecule has 1 atom stereocenters. The van der Waals surface area contributed by atoms with E-state index >= 15 is 0 Å². The number of unbranched alkanes of at least 4 members (excludes halogenated alkanes) is 44. The molecular weight excluding hydrogens is 1020 g/mol.